The van der Waals surface area contributed by atoms with Gasteiger partial charge in [0.25, 0.3) is 0 Å². The minimum atomic E-state index is -0.672. The second kappa shape index (κ2) is 4.51. The van der Waals surface area contributed by atoms with Gasteiger partial charge in [-0.2, -0.15) is 0 Å². The number of nitrogens with zero attached hydrogens (tertiary/aromatic N) is 1. The quantitative estimate of drug-likeness (QED) is 0.819. The first-order valence-corrected chi connectivity index (χ1v) is 6.00. The second-order valence-corrected chi connectivity index (χ2v) is 5.10. The number of hydrogen-bond acceptors (Lipinski definition) is 2. The largest absolute Gasteiger partial charge is 0.395 e. The Morgan fingerprint density at radius 1 is 1.35 bits per heavy atom. The molecule has 0 saturated heterocycles. The summed E-state index contributed by atoms with van der Waals surface area (Å²) in [6.45, 7) is 4.94. The van der Waals surface area contributed by atoms with Crippen LogP contribution in [0.3, 0.4) is 0 Å². The van der Waals surface area contributed by atoms with Crippen LogP contribution in [0.2, 0.25) is 0 Å². The number of anilines is 2. The molecule has 17 heavy (non-hydrogen) atoms. The van der Waals surface area contributed by atoms with Crippen molar-refractivity contribution in [1.29, 1.82) is 0 Å². The summed E-state index contributed by atoms with van der Waals surface area (Å²) in [6, 6.07) is 2.55. The van der Waals surface area contributed by atoms with Crippen molar-refractivity contribution < 1.29 is 8.78 Å². The summed E-state index contributed by atoms with van der Waals surface area (Å²) in [5.41, 5.74) is 6.26. The average molecular weight is 240 g/mol. The Hall–Kier alpha value is -1.32. The number of benzene rings is 1. The van der Waals surface area contributed by atoms with Crippen LogP contribution in [0.15, 0.2) is 12.1 Å². The molecule has 1 aromatic rings. The molecule has 0 spiro atoms. The molecule has 1 aliphatic rings. The van der Waals surface area contributed by atoms with E-state index >= 15 is 0 Å². The van der Waals surface area contributed by atoms with E-state index < -0.39 is 11.6 Å². The van der Waals surface area contributed by atoms with Gasteiger partial charge in [0.15, 0.2) is 5.82 Å². The predicted octanol–water partition coefficient (Wildman–Crippen LogP) is 3.17. The zero-order valence-corrected chi connectivity index (χ0v) is 10.2. The van der Waals surface area contributed by atoms with Crippen LogP contribution in [-0.4, -0.2) is 12.6 Å². The SMILES string of the molecule is CC(C)CN(c1cc(F)cc(F)c1N)C1CC1. The maximum absolute atomic E-state index is 13.4. The number of nitrogen functional groups attached to an aromatic ring is 1. The number of nitrogens with two attached hydrogens (primary N) is 1. The van der Waals surface area contributed by atoms with E-state index in [4.69, 9.17) is 5.73 Å². The first-order chi connectivity index (χ1) is 7.99. The van der Waals surface area contributed by atoms with E-state index in [1.165, 1.54) is 6.07 Å². The molecule has 1 aliphatic carbocycles. The average Bonchev–Trinajstić information content (AvgIpc) is 3.03. The first kappa shape index (κ1) is 12.1. The van der Waals surface area contributed by atoms with Gasteiger partial charge in [-0.3, -0.25) is 0 Å². The third kappa shape index (κ3) is 2.68. The third-order valence-corrected chi connectivity index (χ3v) is 2.93. The van der Waals surface area contributed by atoms with Crippen LogP contribution in [0.5, 0.6) is 0 Å². The molecule has 4 heteroatoms. The molecule has 1 saturated carbocycles. The summed E-state index contributed by atoms with van der Waals surface area (Å²) in [5.74, 6) is -0.808. The molecule has 0 radical (unpaired) electrons. The zero-order chi connectivity index (χ0) is 12.6. The van der Waals surface area contributed by atoms with Gasteiger partial charge in [-0.25, -0.2) is 8.78 Å². The van der Waals surface area contributed by atoms with Gasteiger partial charge in [0, 0.05) is 18.7 Å². The standard InChI is InChI=1S/C13H18F2N2/c1-8(2)7-17(10-3-4-10)12-6-9(14)5-11(15)13(12)16/h5-6,8,10H,3-4,7,16H2,1-2H3. The van der Waals surface area contributed by atoms with Gasteiger partial charge < -0.3 is 10.6 Å². The summed E-state index contributed by atoms with van der Waals surface area (Å²) in [4.78, 5) is 2.03. The maximum atomic E-state index is 13.4. The fraction of sp³-hybridized carbons (Fsp3) is 0.538. The van der Waals surface area contributed by atoms with E-state index in [9.17, 15) is 8.78 Å². The number of halogens is 2. The van der Waals surface area contributed by atoms with Gasteiger partial charge in [-0.1, -0.05) is 13.8 Å². The van der Waals surface area contributed by atoms with Crippen LogP contribution >= 0.6 is 0 Å². The minimum absolute atomic E-state index is 0.0546. The van der Waals surface area contributed by atoms with E-state index in [1.54, 1.807) is 0 Å². The summed E-state index contributed by atoms with van der Waals surface area (Å²) in [6.07, 6.45) is 2.15. The fourth-order valence-electron chi connectivity index (χ4n) is 2.03. The third-order valence-electron chi connectivity index (χ3n) is 2.93. The summed E-state index contributed by atoms with van der Waals surface area (Å²) < 4.78 is 26.7. The summed E-state index contributed by atoms with van der Waals surface area (Å²) in [5, 5.41) is 0. The van der Waals surface area contributed by atoms with Crippen molar-refractivity contribution in [2.45, 2.75) is 32.7 Å². The van der Waals surface area contributed by atoms with Crippen LogP contribution < -0.4 is 10.6 Å². The van der Waals surface area contributed by atoms with Gasteiger partial charge in [0.05, 0.1) is 11.4 Å². The highest BCUT2D eigenvalue weighted by Gasteiger charge is 2.31. The number of rotatable bonds is 4. The molecule has 2 nitrogen and oxygen atoms in total. The van der Waals surface area contributed by atoms with E-state index in [2.05, 4.69) is 13.8 Å². The van der Waals surface area contributed by atoms with Crippen molar-refractivity contribution in [3.63, 3.8) is 0 Å². The van der Waals surface area contributed by atoms with Crippen molar-refractivity contribution in [1.82, 2.24) is 0 Å². The smallest absolute Gasteiger partial charge is 0.151 e. The van der Waals surface area contributed by atoms with Gasteiger partial charge in [0.1, 0.15) is 5.82 Å². The Bertz CT molecular complexity index is 414. The Balaban J connectivity index is 2.34. The van der Waals surface area contributed by atoms with Crippen LogP contribution in [0.4, 0.5) is 20.2 Å². The zero-order valence-electron chi connectivity index (χ0n) is 10.2. The Morgan fingerprint density at radius 2 is 2.00 bits per heavy atom. The highest BCUT2D eigenvalue weighted by Crippen LogP contribution is 2.36. The topological polar surface area (TPSA) is 29.3 Å². The fourth-order valence-corrected chi connectivity index (χ4v) is 2.03. The van der Waals surface area contributed by atoms with E-state index in [0.717, 1.165) is 25.5 Å². The lowest BCUT2D eigenvalue weighted by Gasteiger charge is -2.28. The van der Waals surface area contributed by atoms with Crippen molar-refractivity contribution in [2.75, 3.05) is 17.2 Å². The highest BCUT2D eigenvalue weighted by atomic mass is 19.1. The Kier molecular flexibility index (Phi) is 3.22. The predicted molar refractivity (Wildman–Crippen MR) is 66.0 cm³/mol. The molecule has 0 aromatic heterocycles. The van der Waals surface area contributed by atoms with Gasteiger partial charge in [-0.15, -0.1) is 0 Å². The molecule has 0 amide bonds. The Morgan fingerprint density at radius 3 is 2.53 bits per heavy atom. The Labute approximate surface area is 100 Å². The van der Waals surface area contributed by atoms with Crippen LogP contribution in [0.25, 0.3) is 0 Å². The van der Waals surface area contributed by atoms with Crippen molar-refractivity contribution >= 4 is 11.4 Å². The van der Waals surface area contributed by atoms with Crippen molar-refractivity contribution in [3.8, 4) is 0 Å². The lowest BCUT2D eigenvalue weighted by Crippen LogP contribution is -2.30. The van der Waals surface area contributed by atoms with Crippen molar-refractivity contribution in [2.24, 2.45) is 5.92 Å². The van der Waals surface area contributed by atoms with Gasteiger partial charge in [0.2, 0.25) is 0 Å². The molecule has 1 fully saturated rings. The van der Waals surface area contributed by atoms with Gasteiger partial charge in [-0.05, 0) is 24.8 Å². The molecule has 0 heterocycles. The van der Waals surface area contributed by atoms with Crippen molar-refractivity contribution in [3.05, 3.63) is 23.8 Å². The molecule has 1 aromatic carbocycles. The van der Waals surface area contributed by atoms with Crippen LogP contribution in [0, 0.1) is 17.6 Å². The van der Waals surface area contributed by atoms with E-state index in [-0.39, 0.29) is 5.69 Å². The molecule has 94 valence electrons. The molecule has 2 N–H and O–H groups in total. The lowest BCUT2D eigenvalue weighted by atomic mass is 10.1. The second-order valence-electron chi connectivity index (χ2n) is 5.10. The summed E-state index contributed by atoms with van der Waals surface area (Å²) >= 11 is 0. The molecule has 0 unspecified atom stereocenters. The summed E-state index contributed by atoms with van der Waals surface area (Å²) in [7, 11) is 0. The molecular formula is C13H18F2N2. The van der Waals surface area contributed by atoms with E-state index in [0.29, 0.717) is 17.6 Å². The molecule has 0 bridgehead atoms. The van der Waals surface area contributed by atoms with Crippen LogP contribution in [-0.2, 0) is 0 Å². The monoisotopic (exact) mass is 240 g/mol. The normalized spacial score (nSPS) is 15.4. The molecule has 0 aliphatic heterocycles. The highest BCUT2D eigenvalue weighted by molar-refractivity contribution is 5.69. The molecule has 0 atom stereocenters. The number of hydrogen-bond donors (Lipinski definition) is 1. The first-order valence-electron chi connectivity index (χ1n) is 6.00. The lowest BCUT2D eigenvalue weighted by molar-refractivity contribution is 0.576. The van der Waals surface area contributed by atoms with Crippen LogP contribution in [0.1, 0.15) is 26.7 Å². The maximum Gasteiger partial charge on any atom is 0.151 e. The van der Waals surface area contributed by atoms with E-state index in [1.807, 2.05) is 4.90 Å². The minimum Gasteiger partial charge on any atom is -0.395 e. The molecular weight excluding hydrogens is 222 g/mol. The molecule has 2 rings (SSSR count). The van der Waals surface area contributed by atoms with Gasteiger partial charge >= 0.3 is 0 Å².